The number of benzene rings is 1. The van der Waals surface area contributed by atoms with E-state index >= 15 is 0 Å². The topological polar surface area (TPSA) is 29.3 Å². The van der Waals surface area contributed by atoms with Crippen LogP contribution in [0.1, 0.15) is 26.2 Å². The molecule has 0 radical (unpaired) electrons. The molecule has 1 aromatic rings. The fourth-order valence-electron chi connectivity index (χ4n) is 2.21. The first-order chi connectivity index (χ1) is 7.18. The standard InChI is InChI=1S/C12H17IN2/c1-9-4-2-3-7-15(9)12-6-5-10(14)8-11(12)13/h5-6,8-9H,2-4,7,14H2,1H3. The number of anilines is 2. The zero-order valence-electron chi connectivity index (χ0n) is 9.04. The van der Waals surface area contributed by atoms with Gasteiger partial charge in [-0.2, -0.15) is 0 Å². The highest BCUT2D eigenvalue weighted by atomic mass is 127. The van der Waals surface area contributed by atoms with Crippen molar-refractivity contribution in [1.29, 1.82) is 0 Å². The molecule has 2 rings (SSSR count). The number of nitrogen functional groups attached to an aromatic ring is 1. The van der Waals surface area contributed by atoms with E-state index in [1.165, 1.54) is 35.1 Å². The number of hydrogen-bond donors (Lipinski definition) is 1. The van der Waals surface area contributed by atoms with E-state index in [0.717, 1.165) is 5.69 Å². The smallest absolute Gasteiger partial charge is 0.0505 e. The molecular formula is C12H17IN2. The van der Waals surface area contributed by atoms with Gasteiger partial charge in [-0.15, -0.1) is 0 Å². The predicted molar refractivity (Wildman–Crippen MR) is 74.2 cm³/mol. The molecule has 1 fully saturated rings. The number of nitrogens with zero attached hydrogens (tertiary/aromatic N) is 1. The minimum atomic E-state index is 0.663. The van der Waals surface area contributed by atoms with Crippen LogP contribution in [0.15, 0.2) is 18.2 Å². The molecule has 0 spiro atoms. The normalized spacial score (nSPS) is 21.7. The van der Waals surface area contributed by atoms with Crippen LogP contribution in [-0.4, -0.2) is 12.6 Å². The average molecular weight is 316 g/mol. The summed E-state index contributed by atoms with van der Waals surface area (Å²) in [6, 6.07) is 6.87. The monoisotopic (exact) mass is 316 g/mol. The van der Waals surface area contributed by atoms with Crippen molar-refractivity contribution in [1.82, 2.24) is 0 Å². The summed E-state index contributed by atoms with van der Waals surface area (Å²) in [5, 5.41) is 0. The number of rotatable bonds is 1. The molecule has 1 atom stereocenters. The Morgan fingerprint density at radius 3 is 2.87 bits per heavy atom. The second kappa shape index (κ2) is 4.60. The van der Waals surface area contributed by atoms with Crippen LogP contribution in [0.3, 0.4) is 0 Å². The van der Waals surface area contributed by atoms with Crippen LogP contribution in [0.5, 0.6) is 0 Å². The summed E-state index contributed by atoms with van der Waals surface area (Å²) in [5.74, 6) is 0. The lowest BCUT2D eigenvalue weighted by molar-refractivity contribution is 0.484. The third kappa shape index (κ3) is 2.38. The van der Waals surface area contributed by atoms with Crippen LogP contribution in [-0.2, 0) is 0 Å². The summed E-state index contributed by atoms with van der Waals surface area (Å²) in [6.45, 7) is 3.49. The van der Waals surface area contributed by atoms with Crippen molar-refractivity contribution < 1.29 is 0 Å². The van der Waals surface area contributed by atoms with Gasteiger partial charge in [0.25, 0.3) is 0 Å². The van der Waals surface area contributed by atoms with E-state index in [2.05, 4.69) is 46.5 Å². The van der Waals surface area contributed by atoms with E-state index < -0.39 is 0 Å². The van der Waals surface area contributed by atoms with Gasteiger partial charge in [-0.25, -0.2) is 0 Å². The first kappa shape index (κ1) is 11.0. The van der Waals surface area contributed by atoms with E-state index in [4.69, 9.17) is 5.73 Å². The lowest BCUT2D eigenvalue weighted by atomic mass is 10.0. The molecule has 0 saturated carbocycles. The van der Waals surface area contributed by atoms with E-state index in [-0.39, 0.29) is 0 Å². The summed E-state index contributed by atoms with van der Waals surface area (Å²) in [5.41, 5.74) is 7.97. The fourth-order valence-corrected chi connectivity index (χ4v) is 3.06. The maximum atomic E-state index is 5.77. The van der Waals surface area contributed by atoms with Crippen molar-refractivity contribution in [3.05, 3.63) is 21.8 Å². The van der Waals surface area contributed by atoms with Crippen LogP contribution in [0, 0.1) is 3.57 Å². The molecule has 0 bridgehead atoms. The first-order valence-electron chi connectivity index (χ1n) is 5.50. The van der Waals surface area contributed by atoms with Crippen molar-refractivity contribution in [2.75, 3.05) is 17.2 Å². The molecule has 1 unspecified atom stereocenters. The predicted octanol–water partition coefficient (Wildman–Crippen LogP) is 3.25. The Kier molecular flexibility index (Phi) is 3.38. The Bertz CT molecular complexity index is 351. The third-order valence-corrected chi connectivity index (χ3v) is 3.95. The van der Waals surface area contributed by atoms with Gasteiger partial charge in [-0.05, 0) is 67.0 Å². The second-order valence-corrected chi connectivity index (χ2v) is 5.41. The van der Waals surface area contributed by atoms with Crippen LogP contribution in [0.25, 0.3) is 0 Å². The van der Waals surface area contributed by atoms with E-state index in [0.29, 0.717) is 6.04 Å². The molecule has 15 heavy (non-hydrogen) atoms. The molecule has 3 heteroatoms. The lowest BCUT2D eigenvalue weighted by Gasteiger charge is -2.36. The Labute approximate surface area is 105 Å². The van der Waals surface area contributed by atoms with Gasteiger partial charge in [0.15, 0.2) is 0 Å². The molecule has 0 aromatic heterocycles. The van der Waals surface area contributed by atoms with Gasteiger partial charge >= 0.3 is 0 Å². The maximum absolute atomic E-state index is 5.77. The lowest BCUT2D eigenvalue weighted by Crippen LogP contribution is -2.37. The van der Waals surface area contributed by atoms with Gasteiger partial charge in [0.05, 0.1) is 5.69 Å². The van der Waals surface area contributed by atoms with E-state index in [1.807, 2.05) is 6.07 Å². The van der Waals surface area contributed by atoms with Crippen LogP contribution >= 0.6 is 22.6 Å². The van der Waals surface area contributed by atoms with Crippen LogP contribution in [0.2, 0.25) is 0 Å². The first-order valence-corrected chi connectivity index (χ1v) is 6.58. The maximum Gasteiger partial charge on any atom is 0.0505 e. The van der Waals surface area contributed by atoms with Gasteiger partial charge in [0.2, 0.25) is 0 Å². The van der Waals surface area contributed by atoms with Crippen molar-refractivity contribution in [2.24, 2.45) is 0 Å². The van der Waals surface area contributed by atoms with E-state index in [9.17, 15) is 0 Å². The van der Waals surface area contributed by atoms with Gasteiger partial charge in [0, 0.05) is 21.8 Å². The van der Waals surface area contributed by atoms with Gasteiger partial charge < -0.3 is 10.6 Å². The summed E-state index contributed by atoms with van der Waals surface area (Å²) >= 11 is 2.38. The van der Waals surface area contributed by atoms with E-state index in [1.54, 1.807) is 0 Å². The van der Waals surface area contributed by atoms with Crippen molar-refractivity contribution in [3.8, 4) is 0 Å². The molecule has 1 aromatic carbocycles. The molecule has 1 heterocycles. The molecule has 2 N–H and O–H groups in total. The number of halogens is 1. The Morgan fingerprint density at radius 1 is 1.40 bits per heavy atom. The largest absolute Gasteiger partial charge is 0.399 e. The Morgan fingerprint density at radius 2 is 2.20 bits per heavy atom. The number of piperidine rings is 1. The van der Waals surface area contributed by atoms with Crippen LogP contribution in [0.4, 0.5) is 11.4 Å². The molecule has 1 saturated heterocycles. The van der Waals surface area contributed by atoms with Crippen LogP contribution < -0.4 is 10.6 Å². The quantitative estimate of drug-likeness (QED) is 0.636. The zero-order chi connectivity index (χ0) is 10.8. The Hall–Kier alpha value is -0.450. The molecule has 0 aliphatic carbocycles. The summed E-state index contributed by atoms with van der Waals surface area (Å²) in [4.78, 5) is 2.50. The minimum absolute atomic E-state index is 0.663. The summed E-state index contributed by atoms with van der Waals surface area (Å²) in [7, 11) is 0. The van der Waals surface area contributed by atoms with Gasteiger partial charge in [0.1, 0.15) is 0 Å². The number of hydrogen-bond acceptors (Lipinski definition) is 2. The fraction of sp³-hybridized carbons (Fsp3) is 0.500. The Balaban J connectivity index is 2.27. The SMILES string of the molecule is CC1CCCCN1c1ccc(N)cc1I. The van der Waals surface area contributed by atoms with Gasteiger partial charge in [-0.3, -0.25) is 0 Å². The average Bonchev–Trinajstić information content (AvgIpc) is 2.20. The summed E-state index contributed by atoms with van der Waals surface area (Å²) < 4.78 is 1.27. The molecular weight excluding hydrogens is 299 g/mol. The highest BCUT2D eigenvalue weighted by Crippen LogP contribution is 2.29. The zero-order valence-corrected chi connectivity index (χ0v) is 11.2. The molecule has 2 nitrogen and oxygen atoms in total. The van der Waals surface area contributed by atoms with Crippen molar-refractivity contribution in [2.45, 2.75) is 32.2 Å². The highest BCUT2D eigenvalue weighted by molar-refractivity contribution is 14.1. The third-order valence-electron chi connectivity index (χ3n) is 3.08. The van der Waals surface area contributed by atoms with Gasteiger partial charge in [-0.1, -0.05) is 0 Å². The number of nitrogens with two attached hydrogens (primary N) is 1. The minimum Gasteiger partial charge on any atom is -0.399 e. The molecule has 1 aliphatic rings. The highest BCUT2D eigenvalue weighted by Gasteiger charge is 2.19. The van der Waals surface area contributed by atoms with Crippen molar-refractivity contribution in [3.63, 3.8) is 0 Å². The molecule has 0 amide bonds. The molecule has 82 valence electrons. The molecule has 1 aliphatic heterocycles. The van der Waals surface area contributed by atoms with Crippen molar-refractivity contribution >= 4 is 34.0 Å². The second-order valence-electron chi connectivity index (χ2n) is 4.25. The summed E-state index contributed by atoms with van der Waals surface area (Å²) in [6.07, 6.45) is 3.98.